The second-order valence-electron chi connectivity index (χ2n) is 7.74. The van der Waals surface area contributed by atoms with Crippen LogP contribution in [-0.2, 0) is 43.0 Å². The van der Waals surface area contributed by atoms with Gasteiger partial charge in [-0.1, -0.05) is 0 Å². The van der Waals surface area contributed by atoms with Crippen molar-refractivity contribution in [2.24, 2.45) is 23.7 Å². The lowest BCUT2D eigenvalue weighted by Gasteiger charge is -2.27. The first kappa shape index (κ1) is 18.7. The van der Waals surface area contributed by atoms with Gasteiger partial charge in [0.1, 0.15) is 0 Å². The molecule has 6 unspecified atom stereocenters. The van der Waals surface area contributed by atoms with Crippen molar-refractivity contribution in [3.63, 3.8) is 0 Å². The first-order chi connectivity index (χ1) is 14.4. The van der Waals surface area contributed by atoms with Gasteiger partial charge in [-0.25, -0.2) is 9.80 Å². The fourth-order valence-electron chi connectivity index (χ4n) is 4.85. The van der Waals surface area contributed by atoms with E-state index in [1.807, 2.05) is 0 Å². The molecule has 1 saturated heterocycles. The second-order valence-corrected chi connectivity index (χ2v) is 7.74. The molecular formula is C19H16N2O9. The maximum atomic E-state index is 12.8. The number of hydrogen-bond acceptors (Lipinski definition) is 9. The van der Waals surface area contributed by atoms with Crippen molar-refractivity contribution in [2.45, 2.75) is 18.6 Å². The van der Waals surface area contributed by atoms with E-state index in [-0.39, 0.29) is 24.0 Å². The van der Waals surface area contributed by atoms with Crippen LogP contribution in [0.2, 0.25) is 0 Å². The number of imide groups is 2. The molecular weight excluding hydrogens is 400 g/mol. The van der Waals surface area contributed by atoms with Gasteiger partial charge in [0, 0.05) is 36.1 Å². The number of ether oxygens (including phenoxy) is 3. The van der Waals surface area contributed by atoms with Crippen LogP contribution in [0.15, 0.2) is 24.3 Å². The van der Waals surface area contributed by atoms with Gasteiger partial charge in [0.2, 0.25) is 0 Å². The van der Waals surface area contributed by atoms with Gasteiger partial charge in [-0.05, 0) is 6.42 Å². The first-order valence-electron chi connectivity index (χ1n) is 9.42. The molecule has 0 N–H and O–H groups in total. The topological polar surface area (TPSA) is 140 Å². The minimum Gasteiger partial charge on any atom is -0.443 e. The Kier molecular flexibility index (Phi) is 4.10. The zero-order valence-corrected chi connectivity index (χ0v) is 15.5. The lowest BCUT2D eigenvalue weighted by molar-refractivity contribution is -0.171. The summed E-state index contributed by atoms with van der Waals surface area (Å²) in [6.45, 7) is -1.09. The molecule has 3 fully saturated rings. The quantitative estimate of drug-likeness (QED) is 0.287. The summed E-state index contributed by atoms with van der Waals surface area (Å²) in [5.41, 5.74) is 0. The highest BCUT2D eigenvalue weighted by Gasteiger charge is 2.71. The van der Waals surface area contributed by atoms with Crippen LogP contribution in [0.5, 0.6) is 0 Å². The van der Waals surface area contributed by atoms with Crippen molar-refractivity contribution >= 4 is 35.6 Å². The molecule has 30 heavy (non-hydrogen) atoms. The fourth-order valence-corrected chi connectivity index (χ4v) is 4.85. The summed E-state index contributed by atoms with van der Waals surface area (Å²) in [6, 6.07) is 0. The van der Waals surface area contributed by atoms with Gasteiger partial charge >= 0.3 is 11.9 Å². The molecule has 11 heteroatoms. The summed E-state index contributed by atoms with van der Waals surface area (Å²) in [6.07, 6.45) is 4.64. The molecule has 6 atom stereocenters. The lowest BCUT2D eigenvalue weighted by Crippen LogP contribution is -2.43. The second kappa shape index (κ2) is 6.59. The molecule has 5 aliphatic rings. The maximum Gasteiger partial charge on any atom is 0.311 e. The number of rotatable bonds is 6. The van der Waals surface area contributed by atoms with E-state index in [4.69, 9.17) is 14.2 Å². The number of epoxide rings is 1. The Morgan fingerprint density at radius 1 is 0.767 bits per heavy atom. The highest BCUT2D eigenvalue weighted by Crippen LogP contribution is 2.62. The molecule has 2 bridgehead atoms. The minimum absolute atomic E-state index is 0.126. The summed E-state index contributed by atoms with van der Waals surface area (Å²) in [5.74, 6) is -5.96. The predicted molar refractivity (Wildman–Crippen MR) is 91.1 cm³/mol. The highest BCUT2D eigenvalue weighted by molar-refractivity contribution is 6.13. The highest BCUT2D eigenvalue weighted by atomic mass is 16.6. The Hall–Kier alpha value is -3.34. The standard InChI is InChI=1S/C19H16N2O9/c22-10-1-2-11(23)20(10)6-28-18(26)14-8-5-9(17-16(8)30-17)15(14)19(27)29-7-21-12(24)3-4-13(21)25/h1-4,8-9,14-17H,5-7H2. The predicted octanol–water partition coefficient (Wildman–Crippen LogP) is -1.51. The Balaban J connectivity index is 1.25. The first-order valence-corrected chi connectivity index (χ1v) is 9.42. The Morgan fingerprint density at radius 3 is 1.50 bits per heavy atom. The number of amides is 4. The third-order valence-electron chi connectivity index (χ3n) is 6.28. The van der Waals surface area contributed by atoms with Crippen LogP contribution >= 0.6 is 0 Å². The number of hydrogen-bond donors (Lipinski definition) is 0. The van der Waals surface area contributed by atoms with Crippen LogP contribution in [0.3, 0.4) is 0 Å². The number of esters is 2. The summed E-state index contributed by atoms with van der Waals surface area (Å²) < 4.78 is 15.9. The zero-order chi connectivity index (χ0) is 21.2. The van der Waals surface area contributed by atoms with Crippen molar-refractivity contribution in [2.75, 3.05) is 13.5 Å². The van der Waals surface area contributed by atoms with Gasteiger partial charge < -0.3 is 14.2 Å². The van der Waals surface area contributed by atoms with E-state index in [9.17, 15) is 28.8 Å². The summed E-state index contributed by atoms with van der Waals surface area (Å²) >= 11 is 0. The van der Waals surface area contributed by atoms with Gasteiger partial charge in [-0.3, -0.25) is 28.8 Å². The van der Waals surface area contributed by atoms with Crippen LogP contribution in [-0.4, -0.2) is 71.0 Å². The molecule has 3 aliphatic heterocycles. The van der Waals surface area contributed by atoms with E-state index in [0.717, 1.165) is 34.1 Å². The monoisotopic (exact) mass is 416 g/mol. The van der Waals surface area contributed by atoms with Crippen molar-refractivity contribution in [1.82, 2.24) is 9.80 Å². The van der Waals surface area contributed by atoms with Crippen LogP contribution in [0.4, 0.5) is 0 Å². The Labute approximate surface area is 169 Å². The SMILES string of the molecule is O=C(OCN1C(=O)C=CC1=O)C1C2CC(C3OC23)C1C(=O)OCN1C(=O)C=CC1=O. The Bertz CT molecular complexity index is 844. The van der Waals surface area contributed by atoms with E-state index in [1.165, 1.54) is 0 Å². The fraction of sp³-hybridized carbons (Fsp3) is 0.474. The number of nitrogens with zero attached hydrogens (tertiary/aromatic N) is 2. The zero-order valence-electron chi connectivity index (χ0n) is 15.5. The van der Waals surface area contributed by atoms with Gasteiger partial charge in [0.15, 0.2) is 13.5 Å². The van der Waals surface area contributed by atoms with E-state index in [1.54, 1.807) is 0 Å². The number of carbonyl (C=O) groups excluding carboxylic acids is 6. The number of carbonyl (C=O) groups is 6. The van der Waals surface area contributed by atoms with Crippen LogP contribution in [0.1, 0.15) is 6.42 Å². The third kappa shape index (κ3) is 2.76. The maximum absolute atomic E-state index is 12.8. The number of fused-ring (bicyclic) bond motifs is 5. The van der Waals surface area contributed by atoms with Gasteiger partial charge in [0.05, 0.1) is 24.0 Å². The Morgan fingerprint density at radius 2 is 1.13 bits per heavy atom. The largest absolute Gasteiger partial charge is 0.443 e. The lowest BCUT2D eigenvalue weighted by atomic mass is 9.79. The molecule has 0 radical (unpaired) electrons. The normalized spacial score (nSPS) is 35.5. The van der Waals surface area contributed by atoms with Crippen LogP contribution < -0.4 is 0 Å². The summed E-state index contributed by atoms with van der Waals surface area (Å²) in [5, 5.41) is 0. The molecule has 11 nitrogen and oxygen atoms in total. The van der Waals surface area contributed by atoms with Crippen molar-refractivity contribution in [1.29, 1.82) is 0 Å². The smallest absolute Gasteiger partial charge is 0.311 e. The molecule has 4 amide bonds. The van der Waals surface area contributed by atoms with Gasteiger partial charge in [0.25, 0.3) is 23.6 Å². The molecule has 3 heterocycles. The average molecular weight is 416 g/mol. The average Bonchev–Trinajstić information content (AvgIpc) is 2.98. The van der Waals surface area contributed by atoms with Gasteiger partial charge in [-0.15, -0.1) is 0 Å². The molecule has 156 valence electrons. The van der Waals surface area contributed by atoms with Crippen LogP contribution in [0.25, 0.3) is 0 Å². The molecule has 0 aromatic rings. The van der Waals surface area contributed by atoms with E-state index < -0.39 is 60.9 Å². The van der Waals surface area contributed by atoms with E-state index in [0.29, 0.717) is 6.42 Å². The van der Waals surface area contributed by atoms with Crippen molar-refractivity contribution in [3.05, 3.63) is 24.3 Å². The molecule has 0 aromatic carbocycles. The molecule has 2 saturated carbocycles. The summed E-state index contributed by atoms with van der Waals surface area (Å²) in [7, 11) is 0. The molecule has 2 aliphatic carbocycles. The molecule has 0 spiro atoms. The van der Waals surface area contributed by atoms with Crippen LogP contribution in [0, 0.1) is 23.7 Å². The van der Waals surface area contributed by atoms with E-state index >= 15 is 0 Å². The van der Waals surface area contributed by atoms with Crippen molar-refractivity contribution in [3.8, 4) is 0 Å². The molecule has 0 aromatic heterocycles. The third-order valence-corrected chi connectivity index (χ3v) is 6.28. The van der Waals surface area contributed by atoms with E-state index in [2.05, 4.69) is 0 Å². The van der Waals surface area contributed by atoms with Crippen molar-refractivity contribution < 1.29 is 43.0 Å². The van der Waals surface area contributed by atoms with Gasteiger partial charge in [-0.2, -0.15) is 0 Å². The molecule has 5 rings (SSSR count). The minimum atomic E-state index is -0.852. The summed E-state index contributed by atoms with van der Waals surface area (Å²) in [4.78, 5) is 73.5.